The monoisotopic (exact) mass is 404 g/mol. The first-order valence-electron chi connectivity index (χ1n) is 10.1. The standard InChI is InChI=1S/C24H36O5/c1-5-24(4,28)19-12-8-11-16-21(25)14-9-6-7-10-15-22(26)17-13-18-23(27)29-20(2)3/h6-7,9-10,12,14-15,19-22,25-26,28H,5,13,16-18H2,1-4H3/b7-6+,14-9+,15-10-,19-12+/t21-,22+,24+/m0/s1. The van der Waals surface area contributed by atoms with E-state index in [0.29, 0.717) is 32.1 Å². The molecule has 0 radical (unpaired) electrons. The molecule has 0 rings (SSSR count). The summed E-state index contributed by atoms with van der Waals surface area (Å²) in [6, 6.07) is 0. The molecule has 5 heteroatoms. The van der Waals surface area contributed by atoms with Gasteiger partial charge in [-0.1, -0.05) is 55.2 Å². The van der Waals surface area contributed by atoms with E-state index < -0.39 is 17.8 Å². The molecule has 0 amide bonds. The Balaban J connectivity index is 4.07. The number of aliphatic hydroxyl groups excluding tert-OH is 2. The molecule has 0 aliphatic heterocycles. The fourth-order valence-electron chi connectivity index (χ4n) is 2.02. The molecule has 0 aromatic carbocycles. The molecule has 0 bridgehead atoms. The fraction of sp³-hybridized carbons (Fsp3) is 0.542. The Morgan fingerprint density at radius 2 is 1.72 bits per heavy atom. The number of allylic oxidation sites excluding steroid dienone is 5. The van der Waals surface area contributed by atoms with Crippen LogP contribution in [0.2, 0.25) is 0 Å². The minimum atomic E-state index is -0.849. The van der Waals surface area contributed by atoms with Crippen LogP contribution in [0.15, 0.2) is 48.6 Å². The van der Waals surface area contributed by atoms with Gasteiger partial charge >= 0.3 is 5.97 Å². The third kappa shape index (κ3) is 17.7. The highest BCUT2D eigenvalue weighted by molar-refractivity contribution is 5.69. The molecule has 0 saturated heterocycles. The Bertz CT molecular complexity index is 629. The molecule has 3 atom stereocenters. The number of esters is 1. The van der Waals surface area contributed by atoms with E-state index in [-0.39, 0.29) is 12.1 Å². The summed E-state index contributed by atoms with van der Waals surface area (Å²) in [4.78, 5) is 11.4. The molecule has 0 aromatic rings. The van der Waals surface area contributed by atoms with Crippen molar-refractivity contribution in [2.24, 2.45) is 0 Å². The van der Waals surface area contributed by atoms with Gasteiger partial charge in [0.15, 0.2) is 0 Å². The molecule has 0 fully saturated rings. The summed E-state index contributed by atoms with van der Waals surface area (Å²) in [6.07, 6.45) is 14.3. The van der Waals surface area contributed by atoms with Gasteiger partial charge in [0.25, 0.3) is 0 Å². The summed E-state index contributed by atoms with van der Waals surface area (Å²) in [6.45, 7) is 7.22. The van der Waals surface area contributed by atoms with Gasteiger partial charge in [-0.2, -0.15) is 0 Å². The van der Waals surface area contributed by atoms with Crippen LogP contribution in [0.1, 0.15) is 59.8 Å². The van der Waals surface area contributed by atoms with Crippen molar-refractivity contribution in [3.63, 3.8) is 0 Å². The summed E-state index contributed by atoms with van der Waals surface area (Å²) in [5, 5.41) is 29.4. The molecule has 5 nitrogen and oxygen atoms in total. The Morgan fingerprint density at radius 1 is 1.10 bits per heavy atom. The fourth-order valence-corrected chi connectivity index (χ4v) is 2.02. The zero-order valence-corrected chi connectivity index (χ0v) is 18.0. The SMILES string of the molecule is CC[C@@](C)(O)/C=C/C#CC[C@@H](O)/C=C/C=C/C=C\[C@@H](O)CCCC(=O)OC(C)C. The minimum Gasteiger partial charge on any atom is -0.463 e. The van der Waals surface area contributed by atoms with Crippen molar-refractivity contribution >= 4 is 5.97 Å². The van der Waals surface area contributed by atoms with Crippen LogP contribution in [0.3, 0.4) is 0 Å². The first-order valence-corrected chi connectivity index (χ1v) is 10.1. The molecular formula is C24H36O5. The lowest BCUT2D eigenvalue weighted by Crippen LogP contribution is -2.18. The zero-order valence-electron chi connectivity index (χ0n) is 18.0. The maximum absolute atomic E-state index is 11.4. The second-order valence-electron chi connectivity index (χ2n) is 7.29. The number of hydrogen-bond acceptors (Lipinski definition) is 5. The molecule has 0 saturated carbocycles. The Hall–Kier alpha value is -2.13. The van der Waals surface area contributed by atoms with E-state index in [1.165, 1.54) is 0 Å². The predicted molar refractivity (Wildman–Crippen MR) is 117 cm³/mol. The van der Waals surface area contributed by atoms with E-state index in [2.05, 4.69) is 11.8 Å². The van der Waals surface area contributed by atoms with Crippen LogP contribution < -0.4 is 0 Å². The van der Waals surface area contributed by atoms with Crippen LogP contribution in [0, 0.1) is 11.8 Å². The van der Waals surface area contributed by atoms with Crippen molar-refractivity contribution in [2.75, 3.05) is 0 Å². The van der Waals surface area contributed by atoms with Crippen molar-refractivity contribution in [1.82, 2.24) is 0 Å². The Kier molecular flexibility index (Phi) is 14.6. The van der Waals surface area contributed by atoms with Crippen molar-refractivity contribution in [3.05, 3.63) is 48.6 Å². The van der Waals surface area contributed by atoms with E-state index in [1.807, 2.05) is 6.92 Å². The summed E-state index contributed by atoms with van der Waals surface area (Å²) in [7, 11) is 0. The summed E-state index contributed by atoms with van der Waals surface area (Å²) in [5.74, 6) is 5.38. The highest BCUT2D eigenvalue weighted by Gasteiger charge is 2.11. The third-order valence-electron chi connectivity index (χ3n) is 3.90. The summed E-state index contributed by atoms with van der Waals surface area (Å²) < 4.78 is 5.03. The first kappa shape index (κ1) is 26.9. The molecule has 0 aliphatic rings. The van der Waals surface area contributed by atoms with Crippen molar-refractivity contribution < 1.29 is 24.9 Å². The van der Waals surface area contributed by atoms with E-state index in [4.69, 9.17) is 4.74 Å². The van der Waals surface area contributed by atoms with Gasteiger partial charge in [0.1, 0.15) is 0 Å². The largest absolute Gasteiger partial charge is 0.463 e. The second-order valence-corrected chi connectivity index (χ2v) is 7.29. The lowest BCUT2D eigenvalue weighted by atomic mass is 10.0. The average Bonchev–Trinajstić information content (AvgIpc) is 2.63. The van der Waals surface area contributed by atoms with Crippen molar-refractivity contribution in [1.29, 1.82) is 0 Å². The highest BCUT2D eigenvalue weighted by atomic mass is 16.5. The quantitative estimate of drug-likeness (QED) is 0.263. The van der Waals surface area contributed by atoms with Gasteiger partial charge in [-0.05, 0) is 52.2 Å². The molecule has 0 aliphatic carbocycles. The van der Waals surface area contributed by atoms with Gasteiger partial charge in [-0.15, -0.1) is 0 Å². The molecular weight excluding hydrogens is 368 g/mol. The molecule has 162 valence electrons. The number of hydrogen-bond donors (Lipinski definition) is 3. The zero-order chi connectivity index (χ0) is 22.1. The van der Waals surface area contributed by atoms with Crippen LogP contribution >= 0.6 is 0 Å². The predicted octanol–water partition coefficient (Wildman–Crippen LogP) is 3.61. The number of carbonyl (C=O) groups excluding carboxylic acids is 1. The Morgan fingerprint density at radius 3 is 2.31 bits per heavy atom. The molecule has 0 unspecified atom stereocenters. The first-order chi connectivity index (χ1) is 13.7. The van der Waals surface area contributed by atoms with Crippen LogP contribution in [0.5, 0.6) is 0 Å². The van der Waals surface area contributed by atoms with E-state index in [1.54, 1.807) is 69.4 Å². The number of rotatable bonds is 12. The van der Waals surface area contributed by atoms with Crippen LogP contribution in [-0.2, 0) is 9.53 Å². The van der Waals surface area contributed by atoms with E-state index >= 15 is 0 Å². The number of ether oxygens (including phenoxy) is 1. The topological polar surface area (TPSA) is 87.0 Å². The van der Waals surface area contributed by atoms with E-state index in [0.717, 1.165) is 0 Å². The number of aliphatic hydroxyl groups is 3. The lowest BCUT2D eigenvalue weighted by molar-refractivity contribution is -0.147. The minimum absolute atomic E-state index is 0.115. The smallest absolute Gasteiger partial charge is 0.306 e. The van der Waals surface area contributed by atoms with Gasteiger partial charge < -0.3 is 20.1 Å². The highest BCUT2D eigenvalue weighted by Crippen LogP contribution is 2.09. The summed E-state index contributed by atoms with van der Waals surface area (Å²) >= 11 is 0. The normalized spacial score (nSPS) is 16.4. The van der Waals surface area contributed by atoms with Gasteiger partial charge in [0.2, 0.25) is 0 Å². The van der Waals surface area contributed by atoms with Crippen LogP contribution in [0.4, 0.5) is 0 Å². The second kappa shape index (κ2) is 15.8. The lowest BCUT2D eigenvalue weighted by Gasteiger charge is -2.14. The molecule has 0 spiro atoms. The van der Waals surface area contributed by atoms with Crippen LogP contribution in [0.25, 0.3) is 0 Å². The van der Waals surface area contributed by atoms with Crippen molar-refractivity contribution in [3.8, 4) is 11.8 Å². The van der Waals surface area contributed by atoms with Crippen LogP contribution in [-0.4, -0.2) is 45.2 Å². The van der Waals surface area contributed by atoms with Gasteiger partial charge in [0, 0.05) is 12.8 Å². The summed E-state index contributed by atoms with van der Waals surface area (Å²) in [5.41, 5.74) is -0.849. The van der Waals surface area contributed by atoms with Gasteiger partial charge in [-0.3, -0.25) is 4.79 Å². The maximum atomic E-state index is 11.4. The number of carbonyl (C=O) groups is 1. The third-order valence-corrected chi connectivity index (χ3v) is 3.90. The Labute approximate surface area is 175 Å². The maximum Gasteiger partial charge on any atom is 0.306 e. The molecule has 29 heavy (non-hydrogen) atoms. The molecule has 3 N–H and O–H groups in total. The molecule has 0 heterocycles. The van der Waals surface area contributed by atoms with Crippen molar-refractivity contribution in [2.45, 2.75) is 83.7 Å². The van der Waals surface area contributed by atoms with E-state index in [9.17, 15) is 20.1 Å². The average molecular weight is 405 g/mol. The van der Waals surface area contributed by atoms with Gasteiger partial charge in [0.05, 0.1) is 23.9 Å². The molecule has 0 aromatic heterocycles. The van der Waals surface area contributed by atoms with Gasteiger partial charge in [-0.25, -0.2) is 0 Å².